The molecule has 2 rings (SSSR count). The Hall–Kier alpha value is -3.35. The van der Waals surface area contributed by atoms with Crippen LogP contribution in [0, 0.1) is 0 Å². The Balaban J connectivity index is 2.03. The van der Waals surface area contributed by atoms with Gasteiger partial charge in [0.1, 0.15) is 5.75 Å². The van der Waals surface area contributed by atoms with Gasteiger partial charge in [-0.2, -0.15) is 5.10 Å². The van der Waals surface area contributed by atoms with E-state index in [9.17, 15) is 9.59 Å². The molecule has 0 fully saturated rings. The Kier molecular flexibility index (Phi) is 6.11. The fraction of sp³-hybridized carbons (Fsp3) is 0.167. The number of benzene rings is 2. The first-order valence-corrected chi connectivity index (χ1v) is 7.37. The summed E-state index contributed by atoms with van der Waals surface area (Å²) in [5.74, 6) is 0.587. The third kappa shape index (κ3) is 5.07. The lowest BCUT2D eigenvalue weighted by atomic mass is 10.2. The van der Waals surface area contributed by atoms with Gasteiger partial charge in [0.05, 0.1) is 20.4 Å². The molecule has 2 aromatic carbocycles. The summed E-state index contributed by atoms with van der Waals surface area (Å²) in [6.45, 7) is 1.31. The molecule has 1 amide bonds. The number of nitrogens with zero attached hydrogens (tertiary/aromatic N) is 1. The number of hydrogen-bond acceptors (Lipinski definition) is 6. The highest BCUT2D eigenvalue weighted by molar-refractivity contribution is 5.95. The molecule has 7 heteroatoms. The molecule has 0 aliphatic rings. The summed E-state index contributed by atoms with van der Waals surface area (Å²) < 4.78 is 15.2. The van der Waals surface area contributed by atoms with Gasteiger partial charge in [-0.25, -0.2) is 5.43 Å². The summed E-state index contributed by atoms with van der Waals surface area (Å²) in [6.07, 6.45) is 1.46. The molecular formula is C18H18N2O5. The summed E-state index contributed by atoms with van der Waals surface area (Å²) in [4.78, 5) is 23.0. The Morgan fingerprint density at radius 3 is 2.32 bits per heavy atom. The summed E-state index contributed by atoms with van der Waals surface area (Å²) in [6, 6.07) is 11.6. The van der Waals surface area contributed by atoms with Crippen molar-refractivity contribution in [1.82, 2.24) is 5.43 Å². The van der Waals surface area contributed by atoms with Gasteiger partial charge in [-0.05, 0) is 48.0 Å². The molecule has 0 heterocycles. The Morgan fingerprint density at radius 1 is 1.00 bits per heavy atom. The number of esters is 1. The zero-order valence-electron chi connectivity index (χ0n) is 14.1. The molecule has 1 N–H and O–H groups in total. The lowest BCUT2D eigenvalue weighted by molar-refractivity contribution is -0.132. The molecule has 0 spiro atoms. The minimum atomic E-state index is -0.438. The van der Waals surface area contributed by atoms with E-state index in [4.69, 9.17) is 14.2 Å². The summed E-state index contributed by atoms with van der Waals surface area (Å²) in [7, 11) is 3.02. The van der Waals surface area contributed by atoms with Crippen LogP contribution >= 0.6 is 0 Å². The first-order valence-electron chi connectivity index (χ1n) is 7.37. The zero-order valence-corrected chi connectivity index (χ0v) is 14.1. The molecule has 7 nitrogen and oxygen atoms in total. The van der Waals surface area contributed by atoms with E-state index >= 15 is 0 Å². The maximum Gasteiger partial charge on any atom is 0.308 e. The first-order chi connectivity index (χ1) is 12.0. The van der Waals surface area contributed by atoms with Crippen molar-refractivity contribution in [2.45, 2.75) is 6.92 Å². The smallest absolute Gasteiger partial charge is 0.308 e. The molecule has 130 valence electrons. The molecular weight excluding hydrogens is 324 g/mol. The molecule has 25 heavy (non-hydrogen) atoms. The van der Waals surface area contributed by atoms with Crippen LogP contribution < -0.4 is 19.6 Å². The third-order valence-corrected chi connectivity index (χ3v) is 3.17. The van der Waals surface area contributed by atoms with E-state index in [2.05, 4.69) is 10.5 Å². The first kappa shape index (κ1) is 18.0. The van der Waals surface area contributed by atoms with Gasteiger partial charge >= 0.3 is 5.97 Å². The van der Waals surface area contributed by atoms with Crippen LogP contribution in [0.25, 0.3) is 0 Å². The summed E-state index contributed by atoms with van der Waals surface area (Å²) in [5, 5.41) is 3.91. The van der Waals surface area contributed by atoms with Crippen molar-refractivity contribution in [2.75, 3.05) is 14.2 Å². The zero-order chi connectivity index (χ0) is 18.2. The fourth-order valence-electron chi connectivity index (χ4n) is 1.98. The lowest BCUT2D eigenvalue weighted by Crippen LogP contribution is -2.17. The number of hydrogen-bond donors (Lipinski definition) is 1. The minimum absolute atomic E-state index is 0.314. The average Bonchev–Trinajstić information content (AvgIpc) is 2.62. The molecule has 0 aliphatic heterocycles. The van der Waals surface area contributed by atoms with E-state index in [0.29, 0.717) is 28.4 Å². The van der Waals surface area contributed by atoms with Crippen LogP contribution in [0.4, 0.5) is 0 Å². The Bertz CT molecular complexity index is 785. The molecule has 0 saturated heterocycles. The second kappa shape index (κ2) is 8.49. The largest absolute Gasteiger partial charge is 0.497 e. The SMILES string of the molecule is COc1ccc(C(=O)N/N=C\c2ccc(OC(C)=O)c(OC)c2)cc1. The van der Waals surface area contributed by atoms with E-state index in [1.165, 1.54) is 20.2 Å². The predicted molar refractivity (Wildman–Crippen MR) is 92.4 cm³/mol. The fourth-order valence-corrected chi connectivity index (χ4v) is 1.98. The van der Waals surface area contributed by atoms with Crippen molar-refractivity contribution < 1.29 is 23.8 Å². The predicted octanol–water partition coefficient (Wildman–Crippen LogP) is 2.39. The third-order valence-electron chi connectivity index (χ3n) is 3.17. The van der Waals surface area contributed by atoms with Crippen LogP contribution in [0.3, 0.4) is 0 Å². The lowest BCUT2D eigenvalue weighted by Gasteiger charge is -2.08. The highest BCUT2D eigenvalue weighted by Gasteiger charge is 2.08. The number of carbonyl (C=O) groups is 2. The van der Waals surface area contributed by atoms with Crippen molar-refractivity contribution in [2.24, 2.45) is 5.10 Å². The van der Waals surface area contributed by atoms with E-state index in [0.717, 1.165) is 0 Å². The molecule has 0 aromatic heterocycles. The molecule has 0 atom stereocenters. The number of ether oxygens (including phenoxy) is 3. The quantitative estimate of drug-likeness (QED) is 0.377. The van der Waals surface area contributed by atoms with Crippen LogP contribution in [0.15, 0.2) is 47.6 Å². The highest BCUT2D eigenvalue weighted by atomic mass is 16.6. The van der Waals surface area contributed by atoms with Crippen molar-refractivity contribution in [1.29, 1.82) is 0 Å². The van der Waals surface area contributed by atoms with E-state index in [-0.39, 0.29) is 5.91 Å². The number of methoxy groups -OCH3 is 2. The standard InChI is InChI=1S/C18H18N2O5/c1-12(21)25-16-9-4-13(10-17(16)24-3)11-19-20-18(22)14-5-7-15(23-2)8-6-14/h4-11H,1-3H3,(H,20,22)/b19-11-. The Labute approximate surface area is 145 Å². The second-order valence-electron chi connectivity index (χ2n) is 4.93. The normalized spacial score (nSPS) is 10.4. The maximum atomic E-state index is 12.0. The monoisotopic (exact) mass is 342 g/mol. The van der Waals surface area contributed by atoms with Gasteiger partial charge in [0.25, 0.3) is 5.91 Å². The van der Waals surface area contributed by atoms with E-state index in [1.807, 2.05) is 0 Å². The number of rotatable bonds is 6. The van der Waals surface area contributed by atoms with Crippen LogP contribution in [0.5, 0.6) is 17.2 Å². The van der Waals surface area contributed by atoms with Crippen LogP contribution in [0.2, 0.25) is 0 Å². The van der Waals surface area contributed by atoms with Crippen molar-refractivity contribution in [3.8, 4) is 17.2 Å². The number of carbonyl (C=O) groups excluding carboxylic acids is 2. The molecule has 0 unspecified atom stereocenters. The van der Waals surface area contributed by atoms with Crippen LogP contribution in [0.1, 0.15) is 22.8 Å². The number of hydrazone groups is 1. The van der Waals surface area contributed by atoms with Gasteiger partial charge < -0.3 is 14.2 Å². The second-order valence-corrected chi connectivity index (χ2v) is 4.93. The maximum absolute atomic E-state index is 12.0. The van der Waals surface area contributed by atoms with Crippen molar-refractivity contribution in [3.63, 3.8) is 0 Å². The molecule has 2 aromatic rings. The minimum Gasteiger partial charge on any atom is -0.497 e. The van der Waals surface area contributed by atoms with Gasteiger partial charge in [-0.3, -0.25) is 9.59 Å². The van der Waals surface area contributed by atoms with Crippen molar-refractivity contribution in [3.05, 3.63) is 53.6 Å². The highest BCUT2D eigenvalue weighted by Crippen LogP contribution is 2.27. The van der Waals surface area contributed by atoms with Crippen LogP contribution in [-0.4, -0.2) is 32.3 Å². The number of nitrogens with one attached hydrogen (secondary N) is 1. The van der Waals surface area contributed by atoms with Gasteiger partial charge in [-0.1, -0.05) is 0 Å². The molecule has 0 bridgehead atoms. The van der Waals surface area contributed by atoms with Gasteiger partial charge in [0.2, 0.25) is 0 Å². The van der Waals surface area contributed by atoms with E-state index in [1.54, 1.807) is 49.6 Å². The summed E-state index contributed by atoms with van der Waals surface area (Å²) in [5.41, 5.74) is 3.56. The average molecular weight is 342 g/mol. The van der Waals surface area contributed by atoms with Gasteiger partial charge in [0.15, 0.2) is 11.5 Å². The number of amides is 1. The molecule has 0 radical (unpaired) electrons. The molecule has 0 aliphatic carbocycles. The van der Waals surface area contributed by atoms with Gasteiger partial charge in [-0.15, -0.1) is 0 Å². The molecule has 0 saturated carbocycles. The van der Waals surface area contributed by atoms with Crippen LogP contribution in [-0.2, 0) is 4.79 Å². The Morgan fingerprint density at radius 2 is 1.72 bits per heavy atom. The summed E-state index contributed by atoms with van der Waals surface area (Å²) >= 11 is 0. The topological polar surface area (TPSA) is 86.2 Å². The van der Waals surface area contributed by atoms with Crippen molar-refractivity contribution >= 4 is 18.1 Å². The van der Waals surface area contributed by atoms with Gasteiger partial charge in [0, 0.05) is 12.5 Å². The van der Waals surface area contributed by atoms with E-state index < -0.39 is 5.97 Å².